The fourth-order valence-corrected chi connectivity index (χ4v) is 2.55. The minimum atomic E-state index is -0.502. The van der Waals surface area contributed by atoms with E-state index < -0.39 is 4.92 Å². The average molecular weight is 371 g/mol. The molecule has 1 N–H and O–H groups in total. The Morgan fingerprint density at radius 1 is 1.38 bits per heavy atom. The van der Waals surface area contributed by atoms with E-state index in [1.54, 1.807) is 30.7 Å². The maximum absolute atomic E-state index is 12.1. The van der Waals surface area contributed by atoms with Gasteiger partial charge in [-0.15, -0.1) is 0 Å². The molecule has 1 aromatic carbocycles. The van der Waals surface area contributed by atoms with Crippen molar-refractivity contribution >= 4 is 34.8 Å². The lowest BCUT2D eigenvalue weighted by atomic mass is 10.1. The molecule has 0 aliphatic carbocycles. The number of nitro benzene ring substituents is 1. The fourth-order valence-electron chi connectivity index (χ4n) is 2.16. The molecule has 1 amide bonds. The zero-order valence-electron chi connectivity index (χ0n) is 13.2. The molecule has 0 radical (unpaired) electrons. The first kappa shape index (κ1) is 18.2. The van der Waals surface area contributed by atoms with Crippen molar-refractivity contribution in [1.29, 1.82) is 0 Å². The highest BCUT2D eigenvalue weighted by molar-refractivity contribution is 6.41. The number of nitrogens with zero attached hydrogens (tertiary/aromatic N) is 3. The molecule has 128 valence electrons. The van der Waals surface area contributed by atoms with E-state index in [1.165, 1.54) is 6.07 Å². The third-order valence-electron chi connectivity index (χ3n) is 3.50. The molecule has 7 nitrogen and oxygen atoms in total. The van der Waals surface area contributed by atoms with Crippen LogP contribution in [0.25, 0.3) is 0 Å². The van der Waals surface area contributed by atoms with Gasteiger partial charge in [-0.05, 0) is 26.3 Å². The number of benzene rings is 1. The summed E-state index contributed by atoms with van der Waals surface area (Å²) in [6, 6.07) is 4.39. The smallest absolute Gasteiger partial charge is 0.273 e. The van der Waals surface area contributed by atoms with Crippen molar-refractivity contribution in [2.75, 3.05) is 6.54 Å². The number of aromatic nitrogens is 2. The minimum absolute atomic E-state index is 0.0731. The highest BCUT2D eigenvalue weighted by atomic mass is 35.5. The van der Waals surface area contributed by atoms with Crippen molar-refractivity contribution in [2.45, 2.75) is 26.8 Å². The number of rotatable bonds is 6. The maximum atomic E-state index is 12.1. The molecule has 9 heteroatoms. The molecule has 0 spiro atoms. The first-order chi connectivity index (χ1) is 11.3. The molecule has 0 saturated carbocycles. The van der Waals surface area contributed by atoms with Crippen LogP contribution < -0.4 is 5.32 Å². The average Bonchev–Trinajstić information content (AvgIpc) is 2.78. The van der Waals surface area contributed by atoms with Gasteiger partial charge in [-0.2, -0.15) is 5.10 Å². The van der Waals surface area contributed by atoms with Crippen molar-refractivity contribution in [3.63, 3.8) is 0 Å². The summed E-state index contributed by atoms with van der Waals surface area (Å²) in [6.07, 6.45) is 0.594. The normalized spacial score (nSPS) is 10.7. The Hall–Kier alpha value is -2.12. The summed E-state index contributed by atoms with van der Waals surface area (Å²) in [5.41, 5.74) is 1.34. The minimum Gasteiger partial charge on any atom is -0.352 e. The molecule has 0 aliphatic heterocycles. The van der Waals surface area contributed by atoms with Crippen molar-refractivity contribution in [1.82, 2.24) is 15.1 Å². The first-order valence-corrected chi connectivity index (χ1v) is 7.98. The molecule has 24 heavy (non-hydrogen) atoms. The second-order valence-corrected chi connectivity index (χ2v) is 6.02. The number of hydrogen-bond donors (Lipinski definition) is 1. The van der Waals surface area contributed by atoms with Crippen LogP contribution in [0.5, 0.6) is 0 Å². The van der Waals surface area contributed by atoms with Crippen LogP contribution in [0.4, 0.5) is 5.69 Å². The van der Waals surface area contributed by atoms with E-state index in [0.29, 0.717) is 40.9 Å². The van der Waals surface area contributed by atoms with Gasteiger partial charge in [0, 0.05) is 30.3 Å². The van der Waals surface area contributed by atoms with Crippen LogP contribution in [-0.4, -0.2) is 27.2 Å². The number of nitro groups is 1. The van der Waals surface area contributed by atoms with Gasteiger partial charge in [0.15, 0.2) is 0 Å². The summed E-state index contributed by atoms with van der Waals surface area (Å²) in [5, 5.41) is 18.6. The van der Waals surface area contributed by atoms with Gasteiger partial charge >= 0.3 is 0 Å². The third kappa shape index (κ3) is 4.04. The van der Waals surface area contributed by atoms with Crippen LogP contribution in [0.15, 0.2) is 18.2 Å². The van der Waals surface area contributed by atoms with Crippen LogP contribution >= 0.6 is 23.2 Å². The number of nitrogens with one attached hydrogen (secondary N) is 1. The van der Waals surface area contributed by atoms with Crippen LogP contribution in [-0.2, 0) is 6.54 Å². The molecule has 2 rings (SSSR count). The lowest BCUT2D eigenvalue weighted by molar-refractivity contribution is -0.385. The van der Waals surface area contributed by atoms with Crippen LogP contribution in [0.2, 0.25) is 10.2 Å². The predicted octanol–water partition coefficient (Wildman–Crippen LogP) is 3.54. The van der Waals surface area contributed by atoms with E-state index in [0.717, 1.165) is 0 Å². The Morgan fingerprint density at radius 3 is 2.67 bits per heavy atom. The summed E-state index contributed by atoms with van der Waals surface area (Å²) < 4.78 is 1.57. The lowest BCUT2D eigenvalue weighted by Crippen LogP contribution is -2.25. The maximum Gasteiger partial charge on any atom is 0.273 e. The Balaban J connectivity index is 1.90. The topological polar surface area (TPSA) is 90.1 Å². The van der Waals surface area contributed by atoms with Crippen molar-refractivity contribution < 1.29 is 9.72 Å². The summed E-state index contributed by atoms with van der Waals surface area (Å²) in [7, 11) is 0. The molecule has 2 aromatic rings. The number of amides is 1. The Bertz CT molecular complexity index is 789. The molecular weight excluding hydrogens is 355 g/mol. The zero-order valence-corrected chi connectivity index (χ0v) is 14.7. The highest BCUT2D eigenvalue weighted by Crippen LogP contribution is 2.25. The third-order valence-corrected chi connectivity index (χ3v) is 4.43. The molecule has 0 fully saturated rings. The molecule has 0 unspecified atom stereocenters. The van der Waals surface area contributed by atoms with Crippen LogP contribution in [0, 0.1) is 24.0 Å². The molecule has 0 aliphatic rings. The van der Waals surface area contributed by atoms with E-state index in [9.17, 15) is 14.9 Å². The Morgan fingerprint density at radius 2 is 2.08 bits per heavy atom. The van der Waals surface area contributed by atoms with Gasteiger partial charge in [0.05, 0.1) is 10.6 Å². The Kier molecular flexibility index (Phi) is 5.80. The number of carbonyl (C=O) groups excluding carboxylic acids is 1. The molecule has 0 saturated heterocycles. The van der Waals surface area contributed by atoms with Crippen LogP contribution in [0.3, 0.4) is 0 Å². The zero-order chi connectivity index (χ0) is 17.9. The monoisotopic (exact) mass is 370 g/mol. The van der Waals surface area contributed by atoms with E-state index in [1.807, 2.05) is 0 Å². The van der Waals surface area contributed by atoms with Gasteiger partial charge < -0.3 is 5.32 Å². The number of aryl methyl sites for hydroxylation is 3. The van der Waals surface area contributed by atoms with E-state index >= 15 is 0 Å². The summed E-state index contributed by atoms with van der Waals surface area (Å²) in [5.74, 6) is -0.362. The summed E-state index contributed by atoms with van der Waals surface area (Å²) in [4.78, 5) is 22.5. The predicted molar refractivity (Wildman–Crippen MR) is 91.8 cm³/mol. The SMILES string of the molecule is Cc1ccc(C(=O)NCCCn2nc(C)c(Cl)c2Cl)cc1[N+](=O)[O-]. The van der Waals surface area contributed by atoms with E-state index in [-0.39, 0.29) is 17.2 Å². The van der Waals surface area contributed by atoms with Gasteiger partial charge in [0.25, 0.3) is 11.6 Å². The summed E-state index contributed by atoms with van der Waals surface area (Å²) in [6.45, 7) is 4.27. The Labute approximate surface area is 148 Å². The second kappa shape index (κ2) is 7.63. The standard InChI is InChI=1S/C15H16Cl2N4O3/c1-9-4-5-11(8-12(9)21(23)24)15(22)18-6-3-7-20-14(17)13(16)10(2)19-20/h4-5,8H,3,6-7H2,1-2H3,(H,18,22). The van der Waals surface area contributed by atoms with Crippen molar-refractivity contribution in [3.8, 4) is 0 Å². The van der Waals surface area contributed by atoms with Gasteiger partial charge in [-0.25, -0.2) is 0 Å². The highest BCUT2D eigenvalue weighted by Gasteiger charge is 2.15. The molecule has 1 aromatic heterocycles. The van der Waals surface area contributed by atoms with Gasteiger partial charge in [0.2, 0.25) is 0 Å². The quantitative estimate of drug-likeness (QED) is 0.478. The largest absolute Gasteiger partial charge is 0.352 e. The molecule has 1 heterocycles. The van der Waals surface area contributed by atoms with Gasteiger partial charge in [-0.3, -0.25) is 19.6 Å². The first-order valence-electron chi connectivity index (χ1n) is 7.23. The number of hydrogen-bond acceptors (Lipinski definition) is 4. The molecule has 0 atom stereocenters. The second-order valence-electron chi connectivity index (χ2n) is 5.28. The molecule has 0 bridgehead atoms. The summed E-state index contributed by atoms with van der Waals surface area (Å²) >= 11 is 12.0. The van der Waals surface area contributed by atoms with Crippen molar-refractivity contribution in [3.05, 3.63) is 55.3 Å². The number of halogens is 2. The van der Waals surface area contributed by atoms with Gasteiger partial charge in [-0.1, -0.05) is 29.3 Å². The fraction of sp³-hybridized carbons (Fsp3) is 0.333. The van der Waals surface area contributed by atoms with Crippen LogP contribution in [0.1, 0.15) is 28.0 Å². The molecular formula is C15H16Cl2N4O3. The lowest BCUT2D eigenvalue weighted by Gasteiger charge is -2.07. The van der Waals surface area contributed by atoms with E-state index in [2.05, 4.69) is 10.4 Å². The van der Waals surface area contributed by atoms with E-state index in [4.69, 9.17) is 23.2 Å². The number of carbonyl (C=O) groups is 1. The van der Waals surface area contributed by atoms with Crippen molar-refractivity contribution in [2.24, 2.45) is 0 Å². The van der Waals surface area contributed by atoms with Gasteiger partial charge in [0.1, 0.15) is 10.2 Å².